The standard InChI is InChI=1S/C41H29N5/c1-3-5-14-29(4-2)39-43-40(30-15-7-6-8-16-30)45-41(44-39)33-24-28(27-42)23-32(25-33)31-17-13-18-34(26-31)46-37-21-11-9-19-35(37)36-20-10-12-22-38(36)46/h3-26H,2H2,1H3/b5-3-,29-14+. The van der Waals surface area contributed by atoms with E-state index in [-0.39, 0.29) is 0 Å². The molecule has 218 valence electrons. The van der Waals surface area contributed by atoms with Gasteiger partial charge in [-0.25, -0.2) is 15.0 Å². The Bertz CT molecular complexity index is 2300. The van der Waals surface area contributed by atoms with Crippen molar-refractivity contribution in [1.29, 1.82) is 5.26 Å². The van der Waals surface area contributed by atoms with Crippen LogP contribution in [-0.4, -0.2) is 19.5 Å². The van der Waals surface area contributed by atoms with E-state index in [0.29, 0.717) is 23.0 Å². The van der Waals surface area contributed by atoms with Crippen LogP contribution in [0.5, 0.6) is 0 Å². The molecule has 0 fully saturated rings. The van der Waals surface area contributed by atoms with Crippen molar-refractivity contribution in [1.82, 2.24) is 19.5 Å². The van der Waals surface area contributed by atoms with Crippen LogP contribution in [0.1, 0.15) is 18.3 Å². The number of aromatic nitrogens is 4. The average Bonchev–Trinajstić information content (AvgIpc) is 3.46. The Balaban J connectivity index is 1.40. The van der Waals surface area contributed by atoms with Gasteiger partial charge in [0.05, 0.1) is 22.7 Å². The molecule has 0 atom stereocenters. The fourth-order valence-corrected chi connectivity index (χ4v) is 5.80. The number of hydrogen-bond acceptors (Lipinski definition) is 4. The van der Waals surface area contributed by atoms with Crippen LogP contribution in [-0.2, 0) is 0 Å². The molecule has 7 rings (SSSR count). The van der Waals surface area contributed by atoms with E-state index in [1.54, 1.807) is 6.08 Å². The number of rotatable bonds is 7. The van der Waals surface area contributed by atoms with Crippen molar-refractivity contribution in [2.45, 2.75) is 6.92 Å². The first-order chi connectivity index (χ1) is 22.7. The minimum atomic E-state index is 0.481. The molecule has 0 N–H and O–H groups in total. The normalized spacial score (nSPS) is 11.7. The molecule has 2 heterocycles. The van der Waals surface area contributed by atoms with Gasteiger partial charge in [-0.2, -0.15) is 5.26 Å². The van der Waals surface area contributed by atoms with Gasteiger partial charge in [-0.3, -0.25) is 0 Å². The van der Waals surface area contributed by atoms with E-state index in [4.69, 9.17) is 15.0 Å². The summed E-state index contributed by atoms with van der Waals surface area (Å²) >= 11 is 0. The fourth-order valence-electron chi connectivity index (χ4n) is 5.80. The van der Waals surface area contributed by atoms with Gasteiger partial charge in [0.15, 0.2) is 17.5 Å². The van der Waals surface area contributed by atoms with Gasteiger partial charge in [0.25, 0.3) is 0 Å². The second-order valence-corrected chi connectivity index (χ2v) is 10.9. The summed E-state index contributed by atoms with van der Waals surface area (Å²) in [6, 6.07) is 43.3. The van der Waals surface area contributed by atoms with E-state index in [1.807, 2.05) is 73.7 Å². The van der Waals surface area contributed by atoms with Gasteiger partial charge in [-0.15, -0.1) is 0 Å². The number of allylic oxidation sites excluding steroid dienone is 5. The lowest BCUT2D eigenvalue weighted by molar-refractivity contribution is 1.04. The fraction of sp³-hybridized carbons (Fsp3) is 0.0244. The van der Waals surface area contributed by atoms with Crippen molar-refractivity contribution in [2.75, 3.05) is 0 Å². The molecule has 0 unspecified atom stereocenters. The lowest BCUT2D eigenvalue weighted by Gasteiger charge is -2.12. The molecule has 0 amide bonds. The van der Waals surface area contributed by atoms with Crippen LogP contribution >= 0.6 is 0 Å². The summed E-state index contributed by atoms with van der Waals surface area (Å²) in [6.45, 7) is 5.95. The molecule has 0 radical (unpaired) electrons. The predicted molar refractivity (Wildman–Crippen MR) is 188 cm³/mol. The Hall–Kier alpha value is -6.38. The summed E-state index contributed by atoms with van der Waals surface area (Å²) in [6.07, 6.45) is 7.55. The molecule has 0 aliphatic carbocycles. The first-order valence-corrected chi connectivity index (χ1v) is 15.1. The Morgan fingerprint density at radius 3 is 1.98 bits per heavy atom. The van der Waals surface area contributed by atoms with Crippen LogP contribution in [0.25, 0.3) is 67.0 Å². The van der Waals surface area contributed by atoms with Gasteiger partial charge in [-0.05, 0) is 60.5 Å². The molecule has 7 aromatic rings. The molecule has 46 heavy (non-hydrogen) atoms. The smallest absolute Gasteiger partial charge is 0.164 e. The molecule has 5 heteroatoms. The highest BCUT2D eigenvalue weighted by Crippen LogP contribution is 2.34. The first kappa shape index (κ1) is 28.4. The summed E-state index contributed by atoms with van der Waals surface area (Å²) < 4.78 is 2.29. The minimum Gasteiger partial charge on any atom is -0.309 e. The van der Waals surface area contributed by atoms with Crippen LogP contribution in [0.2, 0.25) is 0 Å². The molecular weight excluding hydrogens is 562 g/mol. The lowest BCUT2D eigenvalue weighted by atomic mass is 9.99. The number of fused-ring (bicyclic) bond motifs is 3. The van der Waals surface area contributed by atoms with Crippen molar-refractivity contribution in [2.24, 2.45) is 0 Å². The van der Waals surface area contributed by atoms with Gasteiger partial charge in [0, 0.05) is 33.2 Å². The lowest BCUT2D eigenvalue weighted by Crippen LogP contribution is -2.02. The molecule has 0 spiro atoms. The van der Waals surface area contributed by atoms with Crippen LogP contribution in [0.15, 0.2) is 152 Å². The zero-order chi connectivity index (χ0) is 31.5. The highest BCUT2D eigenvalue weighted by atomic mass is 15.0. The zero-order valence-electron chi connectivity index (χ0n) is 25.3. The maximum atomic E-state index is 10.1. The molecule has 2 aromatic heterocycles. The number of benzene rings is 5. The van der Waals surface area contributed by atoms with E-state index in [9.17, 15) is 5.26 Å². The Morgan fingerprint density at radius 1 is 0.674 bits per heavy atom. The van der Waals surface area contributed by atoms with Gasteiger partial charge in [-0.1, -0.05) is 110 Å². The summed E-state index contributed by atoms with van der Waals surface area (Å²) in [4.78, 5) is 14.6. The van der Waals surface area contributed by atoms with E-state index >= 15 is 0 Å². The van der Waals surface area contributed by atoms with E-state index < -0.39 is 0 Å². The topological polar surface area (TPSA) is 67.4 Å². The molecule has 0 aliphatic heterocycles. The van der Waals surface area contributed by atoms with Gasteiger partial charge < -0.3 is 4.57 Å². The Morgan fingerprint density at radius 2 is 1.30 bits per heavy atom. The molecule has 0 saturated carbocycles. The second kappa shape index (κ2) is 12.3. The van der Waals surface area contributed by atoms with E-state index in [1.165, 1.54) is 10.8 Å². The highest BCUT2D eigenvalue weighted by molar-refractivity contribution is 6.09. The van der Waals surface area contributed by atoms with Crippen molar-refractivity contribution >= 4 is 27.4 Å². The predicted octanol–water partition coefficient (Wildman–Crippen LogP) is 9.99. The molecule has 0 saturated heterocycles. The molecule has 0 bridgehead atoms. The van der Waals surface area contributed by atoms with Crippen LogP contribution in [0.3, 0.4) is 0 Å². The summed E-state index contributed by atoms with van der Waals surface area (Å²) in [5.74, 6) is 1.54. The largest absolute Gasteiger partial charge is 0.309 e. The zero-order valence-corrected chi connectivity index (χ0v) is 25.3. The number of para-hydroxylation sites is 2. The van der Waals surface area contributed by atoms with Crippen LogP contribution < -0.4 is 0 Å². The van der Waals surface area contributed by atoms with E-state index in [0.717, 1.165) is 44.5 Å². The minimum absolute atomic E-state index is 0.481. The average molecular weight is 592 g/mol. The summed E-state index contributed by atoms with van der Waals surface area (Å²) in [5, 5.41) is 12.5. The SMILES string of the molecule is C=C/C(=C\C=C/C)c1nc(-c2ccccc2)nc(-c2cc(C#N)cc(-c3cccc(-n4c5ccccc5c5ccccc54)c3)c2)n1. The molecule has 5 aromatic carbocycles. The second-order valence-electron chi connectivity index (χ2n) is 10.9. The summed E-state index contributed by atoms with van der Waals surface area (Å²) in [7, 11) is 0. The maximum Gasteiger partial charge on any atom is 0.164 e. The van der Waals surface area contributed by atoms with Crippen LogP contribution in [0.4, 0.5) is 0 Å². The quantitative estimate of drug-likeness (QED) is 0.173. The highest BCUT2D eigenvalue weighted by Gasteiger charge is 2.16. The van der Waals surface area contributed by atoms with Crippen LogP contribution in [0, 0.1) is 11.3 Å². The van der Waals surface area contributed by atoms with Crippen molar-refractivity contribution in [3.63, 3.8) is 0 Å². The Kier molecular flexibility index (Phi) is 7.60. The molecule has 0 aliphatic rings. The van der Waals surface area contributed by atoms with Gasteiger partial charge >= 0.3 is 0 Å². The third-order valence-electron chi connectivity index (χ3n) is 7.95. The third kappa shape index (κ3) is 5.29. The van der Waals surface area contributed by atoms with E-state index in [2.05, 4.69) is 90.0 Å². The van der Waals surface area contributed by atoms with Gasteiger partial charge in [0.1, 0.15) is 0 Å². The molecular formula is C41H29N5. The third-order valence-corrected chi connectivity index (χ3v) is 7.95. The number of nitrogens with zero attached hydrogens (tertiary/aromatic N) is 5. The monoisotopic (exact) mass is 591 g/mol. The number of hydrogen-bond donors (Lipinski definition) is 0. The number of nitriles is 1. The summed E-state index contributed by atoms with van der Waals surface area (Å²) in [5.41, 5.74) is 8.09. The maximum absolute atomic E-state index is 10.1. The first-order valence-electron chi connectivity index (χ1n) is 15.1. The Labute approximate surface area is 267 Å². The molecule has 5 nitrogen and oxygen atoms in total. The van der Waals surface area contributed by atoms with Gasteiger partial charge in [0.2, 0.25) is 0 Å². The van der Waals surface area contributed by atoms with Crippen molar-refractivity contribution in [3.05, 3.63) is 164 Å². The van der Waals surface area contributed by atoms with Crippen molar-refractivity contribution in [3.8, 4) is 45.7 Å². The van der Waals surface area contributed by atoms with Crippen molar-refractivity contribution < 1.29 is 0 Å².